The van der Waals surface area contributed by atoms with Gasteiger partial charge in [0.2, 0.25) is 0 Å². The van der Waals surface area contributed by atoms with Gasteiger partial charge in [-0.15, -0.1) is 0 Å². The SMILES string of the molecule is CCO[C]1[CH][C](Cc2ccccc2)[C](c2ccccc2)[C]1[Se]. The van der Waals surface area contributed by atoms with Crippen molar-refractivity contribution < 1.29 is 4.74 Å². The van der Waals surface area contributed by atoms with Crippen molar-refractivity contribution in [3.8, 4) is 0 Å². The molecule has 0 spiro atoms. The normalized spacial score (nSPS) is 18.1. The van der Waals surface area contributed by atoms with Gasteiger partial charge in [0.25, 0.3) is 0 Å². The van der Waals surface area contributed by atoms with Crippen molar-refractivity contribution in [1.82, 2.24) is 0 Å². The molecule has 0 bridgehead atoms. The van der Waals surface area contributed by atoms with Crippen LogP contribution in [0.5, 0.6) is 0 Å². The van der Waals surface area contributed by atoms with Crippen LogP contribution >= 0.6 is 0 Å². The molecule has 1 aliphatic rings. The molecular formula is C20H18OSe. The van der Waals surface area contributed by atoms with E-state index in [9.17, 15) is 0 Å². The molecule has 3 rings (SSSR count). The van der Waals surface area contributed by atoms with Crippen molar-refractivity contribution >= 4 is 16.0 Å². The number of benzene rings is 2. The number of rotatable bonds is 5. The third-order valence-electron chi connectivity index (χ3n) is 3.68. The van der Waals surface area contributed by atoms with Crippen molar-refractivity contribution in [3.05, 3.63) is 101 Å². The molecule has 0 N–H and O–H groups in total. The number of ether oxygens (including phenoxy) is 1. The fourth-order valence-corrected chi connectivity index (χ4v) is 3.47. The van der Waals surface area contributed by atoms with Gasteiger partial charge in [-0.2, -0.15) is 0 Å². The van der Waals surface area contributed by atoms with Crippen LogP contribution in [0.25, 0.3) is 0 Å². The van der Waals surface area contributed by atoms with E-state index < -0.39 is 0 Å². The summed E-state index contributed by atoms with van der Waals surface area (Å²) < 4.78 is 5.79. The second-order valence-electron chi connectivity index (χ2n) is 5.20. The van der Waals surface area contributed by atoms with Gasteiger partial charge in [0.05, 0.1) is 0 Å². The molecule has 1 fully saturated rings. The number of hydrogen-bond acceptors (Lipinski definition) is 1. The summed E-state index contributed by atoms with van der Waals surface area (Å²) in [5.74, 6) is 2.56. The van der Waals surface area contributed by atoms with E-state index in [1.165, 1.54) is 23.0 Å². The summed E-state index contributed by atoms with van der Waals surface area (Å²) in [6, 6.07) is 21.1. The summed E-state index contributed by atoms with van der Waals surface area (Å²) in [4.78, 5) is 1.11. The van der Waals surface area contributed by atoms with E-state index >= 15 is 0 Å². The Hall–Kier alpha value is -1.08. The molecule has 0 amide bonds. The predicted molar refractivity (Wildman–Crippen MR) is 90.3 cm³/mol. The van der Waals surface area contributed by atoms with E-state index in [1.54, 1.807) is 0 Å². The zero-order valence-electron chi connectivity index (χ0n) is 12.6. The molecule has 6 radical (unpaired) electrons. The minimum atomic E-state index is 0.678. The Balaban J connectivity index is 1.85. The molecule has 0 saturated heterocycles. The van der Waals surface area contributed by atoms with E-state index in [2.05, 4.69) is 77.0 Å². The first-order valence-corrected chi connectivity index (χ1v) is 8.37. The molecule has 0 heterocycles. The van der Waals surface area contributed by atoms with Crippen molar-refractivity contribution in [3.63, 3.8) is 0 Å². The monoisotopic (exact) mass is 354 g/mol. The Morgan fingerprint density at radius 1 is 0.909 bits per heavy atom. The predicted octanol–water partition coefficient (Wildman–Crippen LogP) is 3.91. The van der Waals surface area contributed by atoms with Crippen LogP contribution in [0, 0.1) is 29.2 Å². The summed E-state index contributed by atoms with van der Waals surface area (Å²) >= 11 is 3.20. The Morgan fingerprint density at radius 2 is 1.55 bits per heavy atom. The quantitative estimate of drug-likeness (QED) is 0.741. The molecule has 2 aromatic rings. The van der Waals surface area contributed by atoms with Gasteiger partial charge in [-0.05, 0) is 0 Å². The Kier molecular flexibility index (Phi) is 5.36. The van der Waals surface area contributed by atoms with E-state index in [-0.39, 0.29) is 0 Å². The topological polar surface area (TPSA) is 9.23 Å². The average Bonchev–Trinajstić information content (AvgIpc) is 2.85. The Labute approximate surface area is 141 Å². The fourth-order valence-electron chi connectivity index (χ4n) is 2.70. The molecule has 110 valence electrons. The molecule has 1 nitrogen and oxygen atoms in total. The summed E-state index contributed by atoms with van der Waals surface area (Å²) in [5.41, 5.74) is 2.54. The molecule has 2 heteroatoms. The molecule has 0 unspecified atom stereocenters. The average molecular weight is 353 g/mol. The molecule has 1 saturated carbocycles. The fraction of sp³-hybridized carbons (Fsp3) is 0.150. The summed E-state index contributed by atoms with van der Waals surface area (Å²) in [6.07, 6.45) is 4.03. The van der Waals surface area contributed by atoms with Crippen LogP contribution in [-0.2, 0) is 11.2 Å². The third kappa shape index (κ3) is 3.46. The second kappa shape index (κ2) is 7.46. The van der Waals surface area contributed by atoms with Gasteiger partial charge in [-0.3, -0.25) is 0 Å². The van der Waals surface area contributed by atoms with Crippen molar-refractivity contribution in [1.29, 1.82) is 0 Å². The Bertz CT molecular complexity index is 569. The third-order valence-corrected chi connectivity index (χ3v) is 4.53. The van der Waals surface area contributed by atoms with Crippen LogP contribution < -0.4 is 0 Å². The first kappa shape index (κ1) is 15.8. The zero-order chi connectivity index (χ0) is 15.4. The molecule has 2 aromatic carbocycles. The van der Waals surface area contributed by atoms with E-state index in [0.29, 0.717) is 6.61 Å². The van der Waals surface area contributed by atoms with Crippen molar-refractivity contribution in [2.24, 2.45) is 0 Å². The maximum atomic E-state index is 5.79. The van der Waals surface area contributed by atoms with Gasteiger partial charge in [0, 0.05) is 0 Å². The zero-order valence-corrected chi connectivity index (χ0v) is 14.3. The summed E-state index contributed by atoms with van der Waals surface area (Å²) in [5, 5.41) is 0. The van der Waals surface area contributed by atoms with Crippen molar-refractivity contribution in [2.45, 2.75) is 13.3 Å². The second-order valence-corrected chi connectivity index (χ2v) is 6.06. The molecule has 0 atom stereocenters. The van der Waals surface area contributed by atoms with Gasteiger partial charge in [0.1, 0.15) is 0 Å². The molecule has 1 aliphatic carbocycles. The summed E-state index contributed by atoms with van der Waals surface area (Å²) in [7, 11) is 0. The van der Waals surface area contributed by atoms with Crippen LogP contribution in [0.15, 0.2) is 60.7 Å². The van der Waals surface area contributed by atoms with E-state index in [4.69, 9.17) is 4.74 Å². The maximum absolute atomic E-state index is 5.79. The standard InChI is InChI=1S/C20H18OSe/c1-2-21-18-14-17(13-15-9-5-3-6-10-15)19(20(18)22)16-11-7-4-8-12-16/h3-12,14H,2,13H2,1H3. The minimum absolute atomic E-state index is 0.678. The first-order chi connectivity index (χ1) is 10.8. The van der Waals surface area contributed by atoms with Gasteiger partial charge in [-0.1, -0.05) is 0 Å². The molecule has 0 aliphatic heterocycles. The van der Waals surface area contributed by atoms with Crippen LogP contribution in [0.2, 0.25) is 0 Å². The van der Waals surface area contributed by atoms with Gasteiger partial charge in [0.15, 0.2) is 0 Å². The Morgan fingerprint density at radius 3 is 2.18 bits per heavy atom. The summed E-state index contributed by atoms with van der Waals surface area (Å²) in [6.45, 7) is 2.70. The van der Waals surface area contributed by atoms with Gasteiger partial charge >= 0.3 is 142 Å². The van der Waals surface area contributed by atoms with E-state index in [0.717, 1.165) is 17.3 Å². The van der Waals surface area contributed by atoms with Crippen LogP contribution in [-0.4, -0.2) is 22.6 Å². The van der Waals surface area contributed by atoms with Gasteiger partial charge < -0.3 is 0 Å². The first-order valence-electron chi connectivity index (χ1n) is 7.51. The number of hydrogen-bond donors (Lipinski definition) is 0. The van der Waals surface area contributed by atoms with E-state index in [1.807, 2.05) is 13.0 Å². The van der Waals surface area contributed by atoms with Crippen molar-refractivity contribution in [2.75, 3.05) is 6.61 Å². The molecular weight excluding hydrogens is 335 g/mol. The van der Waals surface area contributed by atoms with Gasteiger partial charge in [-0.25, -0.2) is 0 Å². The van der Waals surface area contributed by atoms with Crippen LogP contribution in [0.1, 0.15) is 18.1 Å². The van der Waals surface area contributed by atoms with Crippen LogP contribution in [0.3, 0.4) is 0 Å². The van der Waals surface area contributed by atoms with Crippen LogP contribution in [0.4, 0.5) is 0 Å². The molecule has 0 aromatic heterocycles. The molecule has 22 heavy (non-hydrogen) atoms.